The van der Waals surface area contributed by atoms with Crippen molar-refractivity contribution in [2.75, 3.05) is 13.2 Å². The minimum absolute atomic E-state index is 0.188. The van der Waals surface area contributed by atoms with Gasteiger partial charge >= 0.3 is 0 Å². The molecule has 20 heavy (non-hydrogen) atoms. The molecule has 3 nitrogen and oxygen atoms in total. The van der Waals surface area contributed by atoms with Crippen LogP contribution in [0, 0.1) is 0 Å². The summed E-state index contributed by atoms with van der Waals surface area (Å²) in [5.41, 5.74) is 0.696. The van der Waals surface area contributed by atoms with Gasteiger partial charge in [0.2, 0.25) is 0 Å². The molecule has 1 fully saturated rings. The summed E-state index contributed by atoms with van der Waals surface area (Å²) in [6.07, 6.45) is 4.49. The van der Waals surface area contributed by atoms with Gasteiger partial charge in [-0.3, -0.25) is 4.79 Å². The molecular weight excluding hydrogens is 252 g/mol. The average Bonchev–Trinajstić information content (AvgIpc) is 2.53. The number of benzene rings is 2. The molecule has 1 aliphatic heterocycles. The minimum Gasteiger partial charge on any atom is -0.490 e. The first kappa shape index (κ1) is 13.1. The zero-order valence-corrected chi connectivity index (χ0v) is 11.4. The summed E-state index contributed by atoms with van der Waals surface area (Å²) in [6.45, 7) is 1.41. The fraction of sp³-hybridized carbons (Fsp3) is 0.353. The van der Waals surface area contributed by atoms with Crippen LogP contribution >= 0.6 is 0 Å². The molecule has 1 heterocycles. The van der Waals surface area contributed by atoms with Crippen molar-refractivity contribution in [2.45, 2.75) is 25.4 Å². The van der Waals surface area contributed by atoms with Crippen molar-refractivity contribution in [3.8, 4) is 5.75 Å². The van der Waals surface area contributed by atoms with Crippen LogP contribution in [-0.2, 0) is 4.74 Å². The van der Waals surface area contributed by atoms with E-state index in [1.807, 2.05) is 36.4 Å². The highest BCUT2D eigenvalue weighted by atomic mass is 16.5. The molecule has 1 unspecified atom stereocenters. The molecule has 0 radical (unpaired) electrons. The summed E-state index contributed by atoms with van der Waals surface area (Å²) in [4.78, 5) is 11.1. The second kappa shape index (κ2) is 6.06. The smallest absolute Gasteiger partial charge is 0.150 e. The van der Waals surface area contributed by atoms with Crippen LogP contribution in [0.15, 0.2) is 36.4 Å². The van der Waals surface area contributed by atoms with E-state index in [0.29, 0.717) is 12.2 Å². The van der Waals surface area contributed by atoms with E-state index in [1.165, 1.54) is 6.42 Å². The lowest BCUT2D eigenvalue weighted by molar-refractivity contribution is -0.0107. The van der Waals surface area contributed by atoms with E-state index >= 15 is 0 Å². The van der Waals surface area contributed by atoms with Crippen molar-refractivity contribution in [3.05, 3.63) is 42.0 Å². The molecule has 0 N–H and O–H groups in total. The van der Waals surface area contributed by atoms with Crippen LogP contribution in [-0.4, -0.2) is 25.6 Å². The molecular formula is C17H18O3. The van der Waals surface area contributed by atoms with E-state index in [9.17, 15) is 4.79 Å². The molecule has 3 rings (SSSR count). The van der Waals surface area contributed by atoms with E-state index in [0.717, 1.165) is 42.3 Å². The molecule has 0 bridgehead atoms. The molecule has 0 amide bonds. The molecule has 3 heteroatoms. The number of ether oxygens (including phenoxy) is 2. The van der Waals surface area contributed by atoms with Crippen LogP contribution in [0.25, 0.3) is 10.8 Å². The SMILES string of the molecule is O=Cc1ccc(OCC2CCCCO2)c2ccccc12. The Morgan fingerprint density at radius 3 is 2.75 bits per heavy atom. The van der Waals surface area contributed by atoms with Crippen LogP contribution in [0.5, 0.6) is 5.75 Å². The van der Waals surface area contributed by atoms with E-state index in [-0.39, 0.29) is 6.10 Å². The fourth-order valence-electron chi connectivity index (χ4n) is 2.64. The summed E-state index contributed by atoms with van der Waals surface area (Å²) >= 11 is 0. The molecule has 1 atom stereocenters. The maximum atomic E-state index is 11.1. The van der Waals surface area contributed by atoms with Gasteiger partial charge in [0.25, 0.3) is 0 Å². The molecule has 0 spiro atoms. The molecule has 0 saturated carbocycles. The second-order valence-corrected chi connectivity index (χ2v) is 5.12. The average molecular weight is 270 g/mol. The molecule has 0 aromatic heterocycles. The Labute approximate surface area is 118 Å². The summed E-state index contributed by atoms with van der Waals surface area (Å²) in [5, 5.41) is 1.91. The van der Waals surface area contributed by atoms with Gasteiger partial charge in [0.05, 0.1) is 6.10 Å². The van der Waals surface area contributed by atoms with Crippen molar-refractivity contribution >= 4 is 17.1 Å². The van der Waals surface area contributed by atoms with Crippen LogP contribution in [0.1, 0.15) is 29.6 Å². The Morgan fingerprint density at radius 1 is 1.15 bits per heavy atom. The van der Waals surface area contributed by atoms with Gasteiger partial charge in [0.1, 0.15) is 12.4 Å². The van der Waals surface area contributed by atoms with Crippen molar-refractivity contribution in [3.63, 3.8) is 0 Å². The van der Waals surface area contributed by atoms with Crippen LogP contribution < -0.4 is 4.74 Å². The topological polar surface area (TPSA) is 35.5 Å². The van der Waals surface area contributed by atoms with Gasteiger partial charge in [0, 0.05) is 17.6 Å². The summed E-state index contributed by atoms with van der Waals surface area (Å²) < 4.78 is 11.6. The molecule has 2 aromatic rings. The predicted octanol–water partition coefficient (Wildman–Crippen LogP) is 3.60. The molecule has 0 aliphatic carbocycles. The highest BCUT2D eigenvalue weighted by Gasteiger charge is 2.15. The van der Waals surface area contributed by atoms with E-state index in [2.05, 4.69) is 0 Å². The Kier molecular flexibility index (Phi) is 3.97. The van der Waals surface area contributed by atoms with Gasteiger partial charge in [-0.2, -0.15) is 0 Å². The lowest BCUT2D eigenvalue weighted by Gasteiger charge is -2.23. The lowest BCUT2D eigenvalue weighted by atomic mass is 10.0. The summed E-state index contributed by atoms with van der Waals surface area (Å²) in [6, 6.07) is 11.5. The Bertz CT molecular complexity index is 600. The normalized spacial score (nSPS) is 18.9. The summed E-state index contributed by atoms with van der Waals surface area (Å²) in [7, 11) is 0. The zero-order valence-electron chi connectivity index (χ0n) is 11.4. The number of hydrogen-bond donors (Lipinski definition) is 0. The maximum absolute atomic E-state index is 11.1. The van der Waals surface area contributed by atoms with Gasteiger partial charge in [-0.05, 0) is 36.8 Å². The number of carbonyl (C=O) groups excluding carboxylic acids is 1. The molecule has 1 aliphatic rings. The quantitative estimate of drug-likeness (QED) is 0.796. The van der Waals surface area contributed by atoms with Crippen molar-refractivity contribution in [1.29, 1.82) is 0 Å². The van der Waals surface area contributed by atoms with Gasteiger partial charge in [-0.1, -0.05) is 24.3 Å². The summed E-state index contributed by atoms with van der Waals surface area (Å²) in [5.74, 6) is 0.820. The monoisotopic (exact) mass is 270 g/mol. The third-order valence-electron chi connectivity index (χ3n) is 3.74. The number of rotatable bonds is 4. The first-order chi connectivity index (χ1) is 9.88. The van der Waals surface area contributed by atoms with Crippen molar-refractivity contribution < 1.29 is 14.3 Å². The van der Waals surface area contributed by atoms with E-state index in [1.54, 1.807) is 0 Å². The molecule has 1 saturated heterocycles. The largest absolute Gasteiger partial charge is 0.490 e. The third kappa shape index (κ3) is 2.68. The highest BCUT2D eigenvalue weighted by Crippen LogP contribution is 2.28. The highest BCUT2D eigenvalue weighted by molar-refractivity contribution is 6.00. The van der Waals surface area contributed by atoms with Gasteiger partial charge < -0.3 is 9.47 Å². The van der Waals surface area contributed by atoms with E-state index in [4.69, 9.17) is 9.47 Å². The lowest BCUT2D eigenvalue weighted by Crippen LogP contribution is -2.25. The van der Waals surface area contributed by atoms with Gasteiger partial charge in [0.15, 0.2) is 6.29 Å². The zero-order chi connectivity index (χ0) is 13.8. The first-order valence-corrected chi connectivity index (χ1v) is 7.10. The number of aldehydes is 1. The Balaban J connectivity index is 1.82. The van der Waals surface area contributed by atoms with Crippen molar-refractivity contribution in [2.24, 2.45) is 0 Å². The standard InChI is InChI=1S/C17H18O3/c18-11-13-8-9-17(16-7-2-1-6-15(13)16)20-12-14-5-3-4-10-19-14/h1-2,6-9,11,14H,3-5,10,12H2. The predicted molar refractivity (Wildman–Crippen MR) is 78.4 cm³/mol. The van der Waals surface area contributed by atoms with Crippen molar-refractivity contribution in [1.82, 2.24) is 0 Å². The molecule has 104 valence electrons. The Hall–Kier alpha value is -1.87. The van der Waals surface area contributed by atoms with Crippen LogP contribution in [0.3, 0.4) is 0 Å². The van der Waals surface area contributed by atoms with Crippen LogP contribution in [0.4, 0.5) is 0 Å². The maximum Gasteiger partial charge on any atom is 0.150 e. The van der Waals surface area contributed by atoms with Crippen LogP contribution in [0.2, 0.25) is 0 Å². The number of carbonyl (C=O) groups is 1. The second-order valence-electron chi connectivity index (χ2n) is 5.12. The first-order valence-electron chi connectivity index (χ1n) is 7.10. The fourth-order valence-corrected chi connectivity index (χ4v) is 2.64. The van der Waals surface area contributed by atoms with Gasteiger partial charge in [-0.25, -0.2) is 0 Å². The molecule has 2 aromatic carbocycles. The number of fused-ring (bicyclic) bond motifs is 1. The number of hydrogen-bond acceptors (Lipinski definition) is 3. The Morgan fingerprint density at radius 2 is 2.00 bits per heavy atom. The third-order valence-corrected chi connectivity index (χ3v) is 3.74. The van der Waals surface area contributed by atoms with Gasteiger partial charge in [-0.15, -0.1) is 0 Å². The van der Waals surface area contributed by atoms with E-state index < -0.39 is 0 Å². The minimum atomic E-state index is 0.188.